The van der Waals surface area contributed by atoms with Crippen molar-refractivity contribution in [1.29, 1.82) is 5.26 Å². The lowest BCUT2D eigenvalue weighted by molar-refractivity contribution is 0.197. The lowest BCUT2D eigenvalue weighted by Gasteiger charge is -2.38. The lowest BCUT2D eigenvalue weighted by Crippen LogP contribution is -2.28. The number of allylic oxidation sites excluding steroid dienone is 2. The topological polar surface area (TPSA) is 23.8 Å². The van der Waals surface area contributed by atoms with Crippen LogP contribution in [0.1, 0.15) is 53.4 Å². The van der Waals surface area contributed by atoms with Gasteiger partial charge in [0.2, 0.25) is 0 Å². The smallest absolute Gasteiger partial charge is 0.0652 e. The molecule has 2 atom stereocenters. The molecule has 0 bridgehead atoms. The molecule has 0 fully saturated rings. The van der Waals surface area contributed by atoms with E-state index in [0.29, 0.717) is 11.3 Å². The minimum absolute atomic E-state index is 0.204. The molecule has 0 aromatic carbocycles. The maximum absolute atomic E-state index is 8.80. The van der Waals surface area contributed by atoms with Crippen molar-refractivity contribution < 1.29 is 0 Å². The van der Waals surface area contributed by atoms with E-state index in [1.165, 1.54) is 24.8 Å². The van der Waals surface area contributed by atoms with Gasteiger partial charge in [0.15, 0.2) is 0 Å². The molecule has 15 heavy (non-hydrogen) atoms. The summed E-state index contributed by atoms with van der Waals surface area (Å²) in [5, 5.41) is 8.80. The van der Waals surface area contributed by atoms with Crippen LogP contribution in [0.25, 0.3) is 0 Å². The second kappa shape index (κ2) is 4.84. The van der Waals surface area contributed by atoms with E-state index in [0.717, 1.165) is 6.42 Å². The number of hydrogen-bond donors (Lipinski definition) is 0. The van der Waals surface area contributed by atoms with Crippen LogP contribution < -0.4 is 0 Å². The Morgan fingerprint density at radius 3 is 2.80 bits per heavy atom. The zero-order valence-electron chi connectivity index (χ0n) is 10.5. The fraction of sp³-hybridized carbons (Fsp3) is 0.786. The van der Waals surface area contributed by atoms with Crippen LogP contribution in [0.15, 0.2) is 11.6 Å². The highest BCUT2D eigenvalue weighted by Crippen LogP contribution is 2.43. The van der Waals surface area contributed by atoms with Gasteiger partial charge in [-0.2, -0.15) is 5.26 Å². The first-order valence-corrected chi connectivity index (χ1v) is 6.03. The molecule has 0 aromatic rings. The van der Waals surface area contributed by atoms with Gasteiger partial charge in [-0.25, -0.2) is 0 Å². The molecule has 0 aromatic heterocycles. The van der Waals surface area contributed by atoms with Crippen LogP contribution in [-0.4, -0.2) is 0 Å². The normalized spacial score (nSPS) is 26.6. The highest BCUT2D eigenvalue weighted by molar-refractivity contribution is 5.12. The minimum Gasteiger partial charge on any atom is -0.198 e. The average molecular weight is 205 g/mol. The maximum Gasteiger partial charge on any atom is 0.0652 e. The molecular formula is C14H23N. The molecule has 84 valence electrons. The third-order valence-corrected chi connectivity index (χ3v) is 3.86. The summed E-state index contributed by atoms with van der Waals surface area (Å²) in [5.41, 5.74) is 1.96. The highest BCUT2D eigenvalue weighted by atomic mass is 14.4. The molecule has 0 radical (unpaired) electrons. The van der Waals surface area contributed by atoms with Gasteiger partial charge in [-0.15, -0.1) is 0 Å². The van der Waals surface area contributed by atoms with E-state index in [1.54, 1.807) is 0 Å². The summed E-state index contributed by atoms with van der Waals surface area (Å²) in [5.74, 6) is 0.887. The van der Waals surface area contributed by atoms with Gasteiger partial charge in [-0.05, 0) is 50.9 Å². The Balaban J connectivity index is 2.61. The molecule has 1 heteroatoms. The van der Waals surface area contributed by atoms with Crippen LogP contribution in [-0.2, 0) is 0 Å². The van der Waals surface area contributed by atoms with Crippen molar-refractivity contribution in [2.45, 2.75) is 53.4 Å². The summed E-state index contributed by atoms with van der Waals surface area (Å²) in [6.45, 7) is 9.01. The van der Waals surface area contributed by atoms with Gasteiger partial charge in [0, 0.05) is 5.92 Å². The average Bonchev–Trinajstić information content (AvgIpc) is 2.15. The lowest BCUT2D eigenvalue weighted by atomic mass is 9.66. The van der Waals surface area contributed by atoms with Crippen molar-refractivity contribution in [2.24, 2.45) is 17.3 Å². The van der Waals surface area contributed by atoms with Crippen molar-refractivity contribution in [3.05, 3.63) is 11.6 Å². The van der Waals surface area contributed by atoms with Gasteiger partial charge in [0.05, 0.1) is 6.07 Å². The van der Waals surface area contributed by atoms with E-state index in [9.17, 15) is 0 Å². The zero-order valence-corrected chi connectivity index (χ0v) is 10.5. The third-order valence-electron chi connectivity index (χ3n) is 3.86. The van der Waals surface area contributed by atoms with Gasteiger partial charge in [0.25, 0.3) is 0 Å². The number of rotatable bonds is 3. The molecule has 0 spiro atoms. The molecule has 0 amide bonds. The van der Waals surface area contributed by atoms with E-state index in [1.807, 2.05) is 6.92 Å². The number of hydrogen-bond acceptors (Lipinski definition) is 1. The Kier molecular flexibility index (Phi) is 3.97. The van der Waals surface area contributed by atoms with Crippen LogP contribution in [0.3, 0.4) is 0 Å². The predicted molar refractivity (Wildman–Crippen MR) is 64.3 cm³/mol. The number of nitrogens with zero attached hydrogens (tertiary/aromatic N) is 1. The predicted octanol–water partition coefficient (Wildman–Crippen LogP) is 4.31. The second-order valence-electron chi connectivity index (χ2n) is 5.64. The first-order chi connectivity index (χ1) is 6.97. The fourth-order valence-electron chi connectivity index (χ4n) is 2.70. The van der Waals surface area contributed by atoms with Crippen LogP contribution >= 0.6 is 0 Å². The Labute approximate surface area is 94.2 Å². The molecular weight excluding hydrogens is 182 g/mol. The second-order valence-corrected chi connectivity index (χ2v) is 5.64. The summed E-state index contributed by atoms with van der Waals surface area (Å²) in [7, 11) is 0. The van der Waals surface area contributed by atoms with Crippen molar-refractivity contribution >= 4 is 0 Å². The molecule has 0 N–H and O–H groups in total. The standard InChI is InChI=1S/C14H23N/c1-11(10-15)7-8-13-12(2)6-5-9-14(13,3)4/h6,11,13H,5,7-9H2,1-4H3. The van der Waals surface area contributed by atoms with E-state index < -0.39 is 0 Å². The Morgan fingerprint density at radius 2 is 2.27 bits per heavy atom. The summed E-state index contributed by atoms with van der Waals surface area (Å²) < 4.78 is 0. The molecule has 0 aliphatic heterocycles. The zero-order chi connectivity index (χ0) is 11.5. The first kappa shape index (κ1) is 12.3. The Hall–Kier alpha value is -0.770. The van der Waals surface area contributed by atoms with Gasteiger partial charge in [-0.1, -0.05) is 25.5 Å². The van der Waals surface area contributed by atoms with Crippen LogP contribution in [0.4, 0.5) is 0 Å². The molecule has 1 aliphatic carbocycles. The molecule has 1 nitrogen and oxygen atoms in total. The summed E-state index contributed by atoms with van der Waals surface area (Å²) in [4.78, 5) is 0. The molecule has 1 aliphatic rings. The van der Waals surface area contributed by atoms with Gasteiger partial charge >= 0.3 is 0 Å². The fourth-order valence-corrected chi connectivity index (χ4v) is 2.70. The quantitative estimate of drug-likeness (QED) is 0.630. The van der Waals surface area contributed by atoms with Crippen LogP contribution in [0, 0.1) is 28.6 Å². The summed E-state index contributed by atoms with van der Waals surface area (Å²) in [6.07, 6.45) is 7.10. The monoisotopic (exact) mass is 205 g/mol. The Bertz CT molecular complexity index is 280. The van der Waals surface area contributed by atoms with Crippen LogP contribution in [0.2, 0.25) is 0 Å². The van der Waals surface area contributed by atoms with Gasteiger partial charge in [-0.3, -0.25) is 0 Å². The molecule has 0 heterocycles. The molecule has 0 saturated carbocycles. The van der Waals surface area contributed by atoms with E-state index in [-0.39, 0.29) is 5.92 Å². The SMILES string of the molecule is CC1=CCCC(C)(C)C1CCC(C)C#N. The summed E-state index contributed by atoms with van der Waals surface area (Å²) >= 11 is 0. The Morgan fingerprint density at radius 1 is 1.60 bits per heavy atom. The van der Waals surface area contributed by atoms with E-state index >= 15 is 0 Å². The minimum atomic E-state index is 0.204. The van der Waals surface area contributed by atoms with Crippen molar-refractivity contribution in [3.8, 4) is 6.07 Å². The van der Waals surface area contributed by atoms with Crippen molar-refractivity contribution in [2.75, 3.05) is 0 Å². The molecule has 2 unspecified atom stereocenters. The molecule has 0 saturated heterocycles. The third kappa shape index (κ3) is 3.09. The van der Waals surface area contributed by atoms with Crippen molar-refractivity contribution in [1.82, 2.24) is 0 Å². The largest absolute Gasteiger partial charge is 0.198 e. The number of nitriles is 1. The molecule has 1 rings (SSSR count). The summed E-state index contributed by atoms with van der Waals surface area (Å²) in [6, 6.07) is 2.33. The highest BCUT2D eigenvalue weighted by Gasteiger charge is 2.32. The van der Waals surface area contributed by atoms with E-state index in [4.69, 9.17) is 5.26 Å². The van der Waals surface area contributed by atoms with Crippen molar-refractivity contribution in [3.63, 3.8) is 0 Å². The maximum atomic E-state index is 8.80. The van der Waals surface area contributed by atoms with Gasteiger partial charge in [0.1, 0.15) is 0 Å². The van der Waals surface area contributed by atoms with E-state index in [2.05, 4.69) is 32.9 Å². The van der Waals surface area contributed by atoms with Crippen LogP contribution in [0.5, 0.6) is 0 Å². The first-order valence-electron chi connectivity index (χ1n) is 6.03. The van der Waals surface area contributed by atoms with Gasteiger partial charge < -0.3 is 0 Å².